The molecule has 1 aliphatic heterocycles. The normalized spacial score (nSPS) is 17.7. The summed E-state index contributed by atoms with van der Waals surface area (Å²) >= 11 is 0. The van der Waals surface area contributed by atoms with Crippen LogP contribution in [-0.4, -0.2) is 55.9 Å². The van der Waals surface area contributed by atoms with Crippen LogP contribution in [-0.2, 0) is 11.3 Å². The van der Waals surface area contributed by atoms with Crippen LogP contribution in [0.25, 0.3) is 28.1 Å². The fourth-order valence-electron chi connectivity index (χ4n) is 4.51. The Hall–Kier alpha value is -4.53. The number of pyridine rings is 2. The monoisotopic (exact) mass is 497 g/mol. The summed E-state index contributed by atoms with van der Waals surface area (Å²) in [7, 11) is 0. The first-order valence-electron chi connectivity index (χ1n) is 12.1. The van der Waals surface area contributed by atoms with Gasteiger partial charge in [0.2, 0.25) is 0 Å². The molecule has 5 aromatic rings. The van der Waals surface area contributed by atoms with E-state index >= 15 is 4.39 Å². The van der Waals surface area contributed by atoms with E-state index < -0.39 is 18.4 Å². The van der Waals surface area contributed by atoms with Crippen LogP contribution in [0, 0.1) is 0 Å². The van der Waals surface area contributed by atoms with Crippen LogP contribution in [0.1, 0.15) is 12.0 Å². The minimum atomic E-state index is -1.36. The number of carbonyl (C=O) groups is 1. The van der Waals surface area contributed by atoms with Crippen LogP contribution in [0.15, 0.2) is 85.1 Å². The van der Waals surface area contributed by atoms with Crippen molar-refractivity contribution in [2.45, 2.75) is 25.3 Å². The molecule has 8 nitrogen and oxygen atoms in total. The topological polar surface area (TPSA) is 81.8 Å². The van der Waals surface area contributed by atoms with E-state index in [1.807, 2.05) is 83.4 Å². The summed E-state index contributed by atoms with van der Waals surface area (Å²) in [5.41, 5.74) is 2.85. The SMILES string of the molecule is O=C(OCc1ccccc1)N1CC[C@@H](Oc2cccc3ccc(-c4nnc5ccccn45)nc23)[C@H](F)C1. The van der Waals surface area contributed by atoms with E-state index in [2.05, 4.69) is 10.2 Å². The number of benzene rings is 2. The molecule has 9 heteroatoms. The number of hydrogen-bond donors (Lipinski definition) is 0. The van der Waals surface area contributed by atoms with Gasteiger partial charge in [-0.3, -0.25) is 4.40 Å². The number of likely N-dealkylation sites (tertiary alicyclic amines) is 1. The maximum absolute atomic E-state index is 15.2. The van der Waals surface area contributed by atoms with Crippen molar-refractivity contribution in [1.82, 2.24) is 24.5 Å². The van der Waals surface area contributed by atoms with E-state index in [4.69, 9.17) is 14.5 Å². The van der Waals surface area contributed by atoms with Crippen LogP contribution in [0.3, 0.4) is 0 Å². The maximum atomic E-state index is 15.2. The molecule has 0 saturated carbocycles. The molecular formula is C28H24FN5O3. The first-order chi connectivity index (χ1) is 18.2. The van der Waals surface area contributed by atoms with Gasteiger partial charge in [-0.25, -0.2) is 14.2 Å². The number of halogens is 1. The molecule has 2 atom stereocenters. The van der Waals surface area contributed by atoms with E-state index in [0.717, 1.165) is 16.6 Å². The first-order valence-corrected chi connectivity index (χ1v) is 12.1. The van der Waals surface area contributed by atoms with Gasteiger partial charge in [-0.15, -0.1) is 10.2 Å². The molecule has 0 radical (unpaired) electrons. The lowest BCUT2D eigenvalue weighted by Crippen LogP contribution is -2.49. The Balaban J connectivity index is 1.17. The lowest BCUT2D eigenvalue weighted by atomic mass is 10.1. The number of fused-ring (bicyclic) bond motifs is 2. The second-order valence-corrected chi connectivity index (χ2v) is 8.92. The summed E-state index contributed by atoms with van der Waals surface area (Å²) in [6.07, 6.45) is -0.375. The summed E-state index contributed by atoms with van der Waals surface area (Å²) < 4.78 is 28.5. The van der Waals surface area contributed by atoms with Crippen molar-refractivity contribution < 1.29 is 18.7 Å². The van der Waals surface area contributed by atoms with Crippen molar-refractivity contribution in [3.05, 3.63) is 90.6 Å². The van der Waals surface area contributed by atoms with Gasteiger partial charge in [-0.1, -0.05) is 54.6 Å². The van der Waals surface area contributed by atoms with Crippen molar-refractivity contribution in [2.24, 2.45) is 0 Å². The van der Waals surface area contributed by atoms with E-state index in [1.54, 1.807) is 6.07 Å². The van der Waals surface area contributed by atoms with Gasteiger partial charge in [0, 0.05) is 24.5 Å². The van der Waals surface area contributed by atoms with Crippen LogP contribution in [0.4, 0.5) is 9.18 Å². The summed E-state index contributed by atoms with van der Waals surface area (Å²) in [6, 6.07) is 24.5. The molecule has 1 amide bonds. The predicted molar refractivity (Wildman–Crippen MR) is 136 cm³/mol. The number of nitrogens with zero attached hydrogens (tertiary/aromatic N) is 5. The zero-order valence-electron chi connectivity index (χ0n) is 19.9. The molecule has 1 saturated heterocycles. The number of ether oxygens (including phenoxy) is 2. The molecule has 1 fully saturated rings. The largest absolute Gasteiger partial charge is 0.485 e. The minimum absolute atomic E-state index is 0.0898. The fourth-order valence-corrected chi connectivity index (χ4v) is 4.51. The Labute approximate surface area is 212 Å². The number of alkyl halides is 1. The Morgan fingerprint density at radius 1 is 0.973 bits per heavy atom. The second kappa shape index (κ2) is 9.85. The zero-order chi connectivity index (χ0) is 25.2. The number of para-hydroxylation sites is 1. The van der Waals surface area contributed by atoms with E-state index in [-0.39, 0.29) is 13.2 Å². The molecule has 4 heterocycles. The lowest BCUT2D eigenvalue weighted by molar-refractivity contribution is 0.0153. The average Bonchev–Trinajstić information content (AvgIpc) is 3.37. The fraction of sp³-hybridized carbons (Fsp3) is 0.214. The molecule has 0 N–H and O–H groups in total. The number of hydrogen-bond acceptors (Lipinski definition) is 6. The molecule has 2 aromatic carbocycles. The third kappa shape index (κ3) is 4.67. The van der Waals surface area contributed by atoms with Gasteiger partial charge in [-0.2, -0.15) is 0 Å². The summed E-state index contributed by atoms with van der Waals surface area (Å²) in [6.45, 7) is 0.403. The third-order valence-corrected chi connectivity index (χ3v) is 6.45. The van der Waals surface area contributed by atoms with Crippen LogP contribution < -0.4 is 4.74 Å². The van der Waals surface area contributed by atoms with Crippen LogP contribution >= 0.6 is 0 Å². The highest BCUT2D eigenvalue weighted by atomic mass is 19.1. The highest BCUT2D eigenvalue weighted by Crippen LogP contribution is 2.30. The standard InChI is InChI=1S/C28H24FN5O3/c29-21-17-33(28(35)36-18-19-7-2-1-3-8-19)16-14-23(21)37-24-10-6-9-20-12-13-22(30-26(20)24)27-32-31-25-11-4-5-15-34(25)27/h1-13,15,21,23H,14,16-18H2/t21-,23-/m1/s1. The average molecular weight is 498 g/mol. The number of rotatable bonds is 5. The Kier molecular flexibility index (Phi) is 6.10. The predicted octanol–water partition coefficient (Wildman–Crippen LogP) is 5.07. The molecule has 0 bridgehead atoms. The number of carbonyl (C=O) groups excluding carboxylic acids is 1. The van der Waals surface area contributed by atoms with Gasteiger partial charge >= 0.3 is 6.09 Å². The second-order valence-electron chi connectivity index (χ2n) is 8.92. The molecular weight excluding hydrogens is 473 g/mol. The molecule has 6 rings (SSSR count). The quantitative estimate of drug-likeness (QED) is 0.337. The summed E-state index contributed by atoms with van der Waals surface area (Å²) in [5.74, 6) is 1.10. The molecule has 0 unspecified atom stereocenters. The van der Waals surface area contributed by atoms with Gasteiger partial charge in [-0.05, 0) is 29.8 Å². The van der Waals surface area contributed by atoms with Crippen LogP contribution in [0.2, 0.25) is 0 Å². The summed E-state index contributed by atoms with van der Waals surface area (Å²) in [5, 5.41) is 9.36. The molecule has 0 spiro atoms. The van der Waals surface area contributed by atoms with E-state index in [1.165, 1.54) is 4.90 Å². The van der Waals surface area contributed by atoms with Gasteiger partial charge in [0.1, 0.15) is 29.7 Å². The lowest BCUT2D eigenvalue weighted by Gasteiger charge is -2.34. The Bertz CT molecular complexity index is 1560. The minimum Gasteiger partial charge on any atom is -0.485 e. The molecule has 186 valence electrons. The van der Waals surface area contributed by atoms with Crippen molar-refractivity contribution in [3.63, 3.8) is 0 Å². The molecule has 37 heavy (non-hydrogen) atoms. The van der Waals surface area contributed by atoms with E-state index in [9.17, 15) is 4.79 Å². The van der Waals surface area contributed by atoms with E-state index in [0.29, 0.717) is 35.8 Å². The highest BCUT2D eigenvalue weighted by molar-refractivity contribution is 5.86. The highest BCUT2D eigenvalue weighted by Gasteiger charge is 2.34. The smallest absolute Gasteiger partial charge is 0.410 e. The summed E-state index contributed by atoms with van der Waals surface area (Å²) in [4.78, 5) is 18.7. The van der Waals surface area contributed by atoms with Gasteiger partial charge in [0.15, 0.2) is 17.6 Å². The number of piperidine rings is 1. The van der Waals surface area contributed by atoms with Crippen molar-refractivity contribution >= 4 is 22.6 Å². The molecule has 3 aromatic heterocycles. The third-order valence-electron chi connectivity index (χ3n) is 6.45. The first kappa shape index (κ1) is 22.9. The van der Waals surface area contributed by atoms with Gasteiger partial charge in [0.25, 0.3) is 0 Å². The Morgan fingerprint density at radius 3 is 2.70 bits per heavy atom. The number of amides is 1. The zero-order valence-corrected chi connectivity index (χ0v) is 19.9. The van der Waals surface area contributed by atoms with Gasteiger partial charge < -0.3 is 14.4 Å². The van der Waals surface area contributed by atoms with Crippen molar-refractivity contribution in [3.8, 4) is 17.3 Å². The van der Waals surface area contributed by atoms with Crippen molar-refractivity contribution in [2.75, 3.05) is 13.1 Å². The molecule has 1 aliphatic rings. The maximum Gasteiger partial charge on any atom is 0.410 e. The Morgan fingerprint density at radius 2 is 1.84 bits per heavy atom. The van der Waals surface area contributed by atoms with Gasteiger partial charge in [0.05, 0.1) is 6.54 Å². The van der Waals surface area contributed by atoms with Crippen LogP contribution in [0.5, 0.6) is 5.75 Å². The molecule has 0 aliphatic carbocycles. The van der Waals surface area contributed by atoms with Crippen molar-refractivity contribution in [1.29, 1.82) is 0 Å². The number of aromatic nitrogens is 4.